The van der Waals surface area contributed by atoms with Gasteiger partial charge in [-0.1, -0.05) is 19.9 Å². The summed E-state index contributed by atoms with van der Waals surface area (Å²) in [6.07, 6.45) is 1.02. The number of phenolic OH excluding ortho intramolecular Hbond substituents is 1. The zero-order chi connectivity index (χ0) is 13.3. The van der Waals surface area contributed by atoms with Crippen molar-refractivity contribution in [3.05, 3.63) is 28.8 Å². The largest absolute Gasteiger partial charge is 0.508 e. The van der Waals surface area contributed by atoms with Gasteiger partial charge in [0.15, 0.2) is 0 Å². The molecule has 0 aliphatic heterocycles. The van der Waals surface area contributed by atoms with E-state index in [-0.39, 0.29) is 18.6 Å². The molecule has 3 atom stereocenters. The van der Waals surface area contributed by atoms with E-state index in [9.17, 15) is 5.11 Å². The summed E-state index contributed by atoms with van der Waals surface area (Å²) in [4.78, 5) is 0. The summed E-state index contributed by atoms with van der Waals surface area (Å²) in [5.41, 5.74) is 3.62. The number of aromatic hydroxyl groups is 1. The van der Waals surface area contributed by atoms with Gasteiger partial charge in [0.25, 0.3) is 0 Å². The van der Waals surface area contributed by atoms with Crippen molar-refractivity contribution < 1.29 is 10.2 Å². The second-order valence-corrected chi connectivity index (χ2v) is 5.61. The van der Waals surface area contributed by atoms with Crippen LogP contribution in [0.25, 0.3) is 0 Å². The molecule has 2 rings (SSSR count). The molecule has 3 heteroatoms. The third kappa shape index (κ3) is 2.38. The summed E-state index contributed by atoms with van der Waals surface area (Å²) in [6.45, 7) is 7.31. The molecule has 3 unspecified atom stereocenters. The molecular weight excluding hydrogens is 226 g/mol. The molecule has 0 saturated heterocycles. The van der Waals surface area contributed by atoms with Gasteiger partial charge in [-0.3, -0.25) is 0 Å². The van der Waals surface area contributed by atoms with Crippen LogP contribution in [0.1, 0.15) is 48.9 Å². The molecule has 0 spiro atoms. The van der Waals surface area contributed by atoms with Crippen molar-refractivity contribution in [2.45, 2.75) is 39.2 Å². The van der Waals surface area contributed by atoms with Crippen molar-refractivity contribution >= 4 is 0 Å². The van der Waals surface area contributed by atoms with Crippen LogP contribution in [0.4, 0.5) is 0 Å². The van der Waals surface area contributed by atoms with Crippen LogP contribution in [0, 0.1) is 12.8 Å². The standard InChI is InChI=1S/C15H23NO2/c1-9(8-17)7-16-12-6-11(3)14-10(2)4-5-13(18)15(12)14/h4-5,9,11-12,16-18H,6-8H2,1-3H3. The molecule has 0 aromatic heterocycles. The van der Waals surface area contributed by atoms with Crippen LogP contribution in [0.5, 0.6) is 5.75 Å². The number of benzene rings is 1. The van der Waals surface area contributed by atoms with Crippen molar-refractivity contribution in [3.63, 3.8) is 0 Å². The summed E-state index contributed by atoms with van der Waals surface area (Å²) >= 11 is 0. The van der Waals surface area contributed by atoms with E-state index in [0.717, 1.165) is 18.5 Å². The quantitative estimate of drug-likeness (QED) is 0.768. The van der Waals surface area contributed by atoms with Gasteiger partial charge < -0.3 is 15.5 Å². The Balaban J connectivity index is 2.21. The molecule has 0 bridgehead atoms. The molecule has 1 aliphatic rings. The van der Waals surface area contributed by atoms with Crippen LogP contribution in [-0.2, 0) is 0 Å². The molecule has 0 saturated carbocycles. The second kappa shape index (κ2) is 5.29. The van der Waals surface area contributed by atoms with E-state index in [1.165, 1.54) is 11.1 Å². The molecule has 0 amide bonds. The zero-order valence-electron chi connectivity index (χ0n) is 11.4. The summed E-state index contributed by atoms with van der Waals surface area (Å²) in [5.74, 6) is 1.12. The Morgan fingerprint density at radius 1 is 1.39 bits per heavy atom. The maximum absolute atomic E-state index is 10.1. The van der Waals surface area contributed by atoms with E-state index >= 15 is 0 Å². The normalized spacial score (nSPS) is 24.0. The highest BCUT2D eigenvalue weighted by molar-refractivity contribution is 5.50. The topological polar surface area (TPSA) is 52.5 Å². The molecule has 1 aromatic rings. The highest BCUT2D eigenvalue weighted by Crippen LogP contribution is 2.45. The lowest BCUT2D eigenvalue weighted by atomic mass is 9.97. The van der Waals surface area contributed by atoms with Crippen molar-refractivity contribution in [1.82, 2.24) is 5.32 Å². The van der Waals surface area contributed by atoms with Gasteiger partial charge in [0.1, 0.15) is 5.75 Å². The van der Waals surface area contributed by atoms with Gasteiger partial charge in [0.2, 0.25) is 0 Å². The van der Waals surface area contributed by atoms with Crippen molar-refractivity contribution in [1.29, 1.82) is 0 Å². The van der Waals surface area contributed by atoms with Gasteiger partial charge in [-0.15, -0.1) is 0 Å². The minimum absolute atomic E-state index is 0.196. The number of rotatable bonds is 4. The van der Waals surface area contributed by atoms with E-state index in [1.54, 1.807) is 6.07 Å². The van der Waals surface area contributed by atoms with Crippen molar-refractivity contribution in [2.24, 2.45) is 5.92 Å². The first-order valence-corrected chi connectivity index (χ1v) is 6.71. The summed E-state index contributed by atoms with van der Waals surface area (Å²) in [6, 6.07) is 3.99. The first kappa shape index (κ1) is 13.4. The highest BCUT2D eigenvalue weighted by Gasteiger charge is 2.31. The zero-order valence-corrected chi connectivity index (χ0v) is 11.4. The number of aryl methyl sites for hydroxylation is 1. The van der Waals surface area contributed by atoms with E-state index in [4.69, 9.17) is 5.11 Å². The average molecular weight is 249 g/mol. The highest BCUT2D eigenvalue weighted by atomic mass is 16.3. The van der Waals surface area contributed by atoms with Crippen molar-refractivity contribution in [3.8, 4) is 5.75 Å². The second-order valence-electron chi connectivity index (χ2n) is 5.61. The van der Waals surface area contributed by atoms with Crippen molar-refractivity contribution in [2.75, 3.05) is 13.2 Å². The predicted molar refractivity (Wildman–Crippen MR) is 72.9 cm³/mol. The lowest BCUT2D eigenvalue weighted by Crippen LogP contribution is -2.26. The lowest BCUT2D eigenvalue weighted by molar-refractivity contribution is 0.229. The van der Waals surface area contributed by atoms with E-state index in [2.05, 4.69) is 19.2 Å². The Hall–Kier alpha value is -1.06. The van der Waals surface area contributed by atoms with E-state index in [0.29, 0.717) is 11.7 Å². The lowest BCUT2D eigenvalue weighted by Gasteiger charge is -2.18. The number of aliphatic hydroxyl groups is 1. The Kier molecular flexibility index (Phi) is 3.93. The number of phenols is 1. The minimum atomic E-state index is 0.196. The fraction of sp³-hybridized carbons (Fsp3) is 0.600. The monoisotopic (exact) mass is 249 g/mol. The number of nitrogens with one attached hydrogen (secondary N) is 1. The van der Waals surface area contributed by atoms with Gasteiger partial charge in [-0.05, 0) is 42.4 Å². The fourth-order valence-electron chi connectivity index (χ4n) is 2.94. The first-order chi connectivity index (χ1) is 8.54. The maximum Gasteiger partial charge on any atom is 0.120 e. The summed E-state index contributed by atoms with van der Waals surface area (Å²) in [5, 5.41) is 22.6. The Morgan fingerprint density at radius 3 is 2.78 bits per heavy atom. The molecule has 0 fully saturated rings. The SMILES string of the molecule is Cc1ccc(O)c2c1C(C)CC2NCC(C)CO. The van der Waals surface area contributed by atoms with Gasteiger partial charge in [-0.2, -0.15) is 0 Å². The number of aliphatic hydroxyl groups excluding tert-OH is 1. The third-order valence-electron chi connectivity index (χ3n) is 3.94. The molecule has 3 nitrogen and oxygen atoms in total. The molecule has 100 valence electrons. The average Bonchev–Trinajstić information content (AvgIpc) is 2.69. The fourth-order valence-corrected chi connectivity index (χ4v) is 2.94. The molecule has 0 heterocycles. The number of hydrogen-bond acceptors (Lipinski definition) is 3. The molecule has 18 heavy (non-hydrogen) atoms. The first-order valence-electron chi connectivity index (χ1n) is 6.71. The maximum atomic E-state index is 10.1. The minimum Gasteiger partial charge on any atom is -0.508 e. The van der Waals surface area contributed by atoms with Crippen LogP contribution in [0.15, 0.2) is 12.1 Å². The Labute approximate surface area is 109 Å². The predicted octanol–water partition coefficient (Wildman–Crippen LogP) is 2.47. The molecule has 3 N–H and O–H groups in total. The van der Waals surface area contributed by atoms with Crippen LogP contribution < -0.4 is 5.32 Å². The summed E-state index contributed by atoms with van der Waals surface area (Å²) < 4.78 is 0. The Morgan fingerprint density at radius 2 is 2.11 bits per heavy atom. The van der Waals surface area contributed by atoms with E-state index < -0.39 is 0 Å². The van der Waals surface area contributed by atoms with Crippen LogP contribution >= 0.6 is 0 Å². The van der Waals surface area contributed by atoms with Gasteiger partial charge in [0.05, 0.1) is 0 Å². The van der Waals surface area contributed by atoms with E-state index in [1.807, 2.05) is 13.0 Å². The third-order valence-corrected chi connectivity index (χ3v) is 3.94. The summed E-state index contributed by atoms with van der Waals surface area (Å²) in [7, 11) is 0. The molecular formula is C15H23NO2. The molecule has 1 aromatic carbocycles. The van der Waals surface area contributed by atoms with Gasteiger partial charge >= 0.3 is 0 Å². The molecule has 1 aliphatic carbocycles. The smallest absolute Gasteiger partial charge is 0.120 e. The Bertz CT molecular complexity index is 431. The van der Waals surface area contributed by atoms with Gasteiger partial charge in [0, 0.05) is 24.8 Å². The van der Waals surface area contributed by atoms with Crippen LogP contribution in [-0.4, -0.2) is 23.4 Å². The number of fused-ring (bicyclic) bond motifs is 1. The van der Waals surface area contributed by atoms with Gasteiger partial charge in [-0.25, -0.2) is 0 Å². The van der Waals surface area contributed by atoms with Crippen LogP contribution in [0.2, 0.25) is 0 Å². The van der Waals surface area contributed by atoms with Crippen LogP contribution in [0.3, 0.4) is 0 Å². The number of hydrogen-bond donors (Lipinski definition) is 3. The molecule has 0 radical (unpaired) electrons.